The molecule has 0 radical (unpaired) electrons. The Bertz CT molecular complexity index is 536. The molecule has 0 amide bonds. The molecule has 0 bridgehead atoms. The number of aromatic amines is 1. The maximum Gasteiger partial charge on any atom is 0.208 e. The van der Waals surface area contributed by atoms with Crippen LogP contribution in [0.15, 0.2) is 23.1 Å². The van der Waals surface area contributed by atoms with Crippen LogP contribution in [-0.2, 0) is 0 Å². The molecule has 2 aromatic rings. The summed E-state index contributed by atoms with van der Waals surface area (Å²) < 4.78 is 18.0. The van der Waals surface area contributed by atoms with Crippen LogP contribution in [-0.4, -0.2) is 17.3 Å². The normalized spacial score (nSPS) is 10.4. The van der Waals surface area contributed by atoms with Gasteiger partial charge < -0.3 is 4.74 Å². The second-order valence-corrected chi connectivity index (χ2v) is 2.77. The molecule has 0 aliphatic carbocycles. The van der Waals surface area contributed by atoms with Crippen LogP contribution < -0.4 is 10.2 Å². The number of nitrogens with one attached hydrogen (secondary N) is 1. The standard InChI is InChI=1S/C9H7FN2O2/c1-14-9-3-7-5(2-6(9)10)8(13)4-11-12-7/h2-4H,1H3,(H,12,13). The fraction of sp³-hybridized carbons (Fsp3) is 0.111. The predicted molar refractivity (Wildman–Crippen MR) is 48.9 cm³/mol. The molecule has 0 fully saturated rings. The zero-order chi connectivity index (χ0) is 10.1. The summed E-state index contributed by atoms with van der Waals surface area (Å²) in [6, 6.07) is 2.54. The number of ether oxygens (including phenoxy) is 1. The van der Waals surface area contributed by atoms with Gasteiger partial charge >= 0.3 is 0 Å². The molecule has 0 atom stereocenters. The number of rotatable bonds is 1. The van der Waals surface area contributed by atoms with E-state index in [2.05, 4.69) is 10.2 Å². The molecule has 0 spiro atoms. The highest BCUT2D eigenvalue weighted by molar-refractivity contribution is 5.79. The molecule has 1 aromatic heterocycles. The Kier molecular flexibility index (Phi) is 1.92. The summed E-state index contributed by atoms with van der Waals surface area (Å²) in [5.74, 6) is -0.474. The van der Waals surface area contributed by atoms with E-state index in [-0.39, 0.29) is 16.6 Å². The number of fused-ring (bicyclic) bond motifs is 1. The highest BCUT2D eigenvalue weighted by Crippen LogP contribution is 2.20. The molecule has 0 aliphatic heterocycles. The molecule has 0 unspecified atom stereocenters. The second-order valence-electron chi connectivity index (χ2n) is 2.77. The Morgan fingerprint density at radius 2 is 2.29 bits per heavy atom. The highest BCUT2D eigenvalue weighted by atomic mass is 19.1. The summed E-state index contributed by atoms with van der Waals surface area (Å²) >= 11 is 0. The fourth-order valence-corrected chi connectivity index (χ4v) is 1.24. The lowest BCUT2D eigenvalue weighted by Crippen LogP contribution is -2.04. The number of hydrogen-bond donors (Lipinski definition) is 1. The minimum absolute atomic E-state index is 0.0844. The third-order valence-electron chi connectivity index (χ3n) is 1.92. The van der Waals surface area contributed by atoms with E-state index in [0.29, 0.717) is 5.52 Å². The van der Waals surface area contributed by atoms with Gasteiger partial charge in [0.05, 0.1) is 24.2 Å². The van der Waals surface area contributed by atoms with Gasteiger partial charge in [-0.1, -0.05) is 0 Å². The van der Waals surface area contributed by atoms with Crippen LogP contribution in [0, 0.1) is 5.82 Å². The third kappa shape index (κ3) is 1.22. The van der Waals surface area contributed by atoms with Crippen LogP contribution >= 0.6 is 0 Å². The summed E-state index contributed by atoms with van der Waals surface area (Å²) in [7, 11) is 1.36. The first-order chi connectivity index (χ1) is 6.72. The van der Waals surface area contributed by atoms with Crippen LogP contribution in [0.5, 0.6) is 5.75 Å². The first-order valence-electron chi connectivity index (χ1n) is 3.93. The van der Waals surface area contributed by atoms with Gasteiger partial charge in [0.1, 0.15) is 0 Å². The van der Waals surface area contributed by atoms with Gasteiger partial charge in [-0.25, -0.2) is 4.39 Å². The Morgan fingerprint density at radius 3 is 3.00 bits per heavy atom. The topological polar surface area (TPSA) is 55.0 Å². The molecule has 0 saturated heterocycles. The average molecular weight is 194 g/mol. The lowest BCUT2D eigenvalue weighted by Gasteiger charge is -2.02. The van der Waals surface area contributed by atoms with Crippen LogP contribution in [0.4, 0.5) is 4.39 Å². The van der Waals surface area contributed by atoms with E-state index in [9.17, 15) is 9.18 Å². The van der Waals surface area contributed by atoms with Gasteiger partial charge in [-0.2, -0.15) is 5.10 Å². The molecule has 1 heterocycles. The molecular formula is C9H7FN2O2. The third-order valence-corrected chi connectivity index (χ3v) is 1.92. The van der Waals surface area contributed by atoms with Crippen molar-refractivity contribution < 1.29 is 9.13 Å². The first kappa shape index (κ1) is 8.68. The lowest BCUT2D eigenvalue weighted by atomic mass is 10.2. The van der Waals surface area contributed by atoms with Crippen molar-refractivity contribution in [3.05, 3.63) is 34.4 Å². The fourth-order valence-electron chi connectivity index (χ4n) is 1.24. The zero-order valence-electron chi connectivity index (χ0n) is 7.37. The molecule has 4 nitrogen and oxygen atoms in total. The number of hydrogen-bond acceptors (Lipinski definition) is 3. The minimum atomic E-state index is -0.559. The zero-order valence-corrected chi connectivity index (χ0v) is 7.37. The molecule has 0 aliphatic rings. The quantitative estimate of drug-likeness (QED) is 0.738. The van der Waals surface area contributed by atoms with Crippen molar-refractivity contribution in [2.24, 2.45) is 0 Å². The van der Waals surface area contributed by atoms with Gasteiger partial charge in [0.2, 0.25) is 5.43 Å². The molecule has 5 heteroatoms. The largest absolute Gasteiger partial charge is 0.494 e. The highest BCUT2D eigenvalue weighted by Gasteiger charge is 2.06. The Balaban J connectivity index is 2.86. The Morgan fingerprint density at radius 1 is 1.50 bits per heavy atom. The summed E-state index contributed by atoms with van der Waals surface area (Å²) in [4.78, 5) is 11.2. The van der Waals surface area contributed by atoms with Crippen molar-refractivity contribution in [1.29, 1.82) is 0 Å². The number of benzene rings is 1. The summed E-state index contributed by atoms with van der Waals surface area (Å²) in [5, 5.41) is 6.46. The Hall–Kier alpha value is -1.91. The van der Waals surface area contributed by atoms with Crippen molar-refractivity contribution >= 4 is 10.9 Å². The monoisotopic (exact) mass is 194 g/mol. The molecule has 72 valence electrons. The number of aromatic nitrogens is 2. The maximum absolute atomic E-state index is 13.2. The van der Waals surface area contributed by atoms with Gasteiger partial charge in [-0.05, 0) is 6.07 Å². The van der Waals surface area contributed by atoms with Crippen molar-refractivity contribution in [1.82, 2.24) is 10.2 Å². The van der Waals surface area contributed by atoms with Crippen molar-refractivity contribution in [2.45, 2.75) is 0 Å². The summed E-state index contributed by atoms with van der Waals surface area (Å²) in [5.41, 5.74) is 0.135. The smallest absolute Gasteiger partial charge is 0.208 e. The van der Waals surface area contributed by atoms with E-state index in [4.69, 9.17) is 4.74 Å². The maximum atomic E-state index is 13.2. The van der Waals surface area contributed by atoms with Crippen LogP contribution in [0.25, 0.3) is 10.9 Å². The van der Waals surface area contributed by atoms with Gasteiger partial charge in [0.15, 0.2) is 11.6 Å². The number of halogens is 1. The van der Waals surface area contributed by atoms with Crippen LogP contribution in [0.2, 0.25) is 0 Å². The number of nitrogens with zero attached hydrogens (tertiary/aromatic N) is 1. The average Bonchev–Trinajstić information content (AvgIpc) is 2.19. The minimum Gasteiger partial charge on any atom is -0.494 e. The van der Waals surface area contributed by atoms with Crippen molar-refractivity contribution in [3.63, 3.8) is 0 Å². The molecule has 0 saturated carbocycles. The second kappa shape index (κ2) is 3.10. The molecular weight excluding hydrogens is 187 g/mol. The van der Waals surface area contributed by atoms with Crippen molar-refractivity contribution in [3.8, 4) is 5.75 Å². The van der Waals surface area contributed by atoms with E-state index in [0.717, 1.165) is 12.3 Å². The van der Waals surface area contributed by atoms with Gasteiger partial charge in [0.25, 0.3) is 0 Å². The lowest BCUT2D eigenvalue weighted by molar-refractivity contribution is 0.387. The van der Waals surface area contributed by atoms with E-state index in [1.807, 2.05) is 0 Å². The number of H-pyrrole nitrogens is 1. The predicted octanol–water partition coefficient (Wildman–Crippen LogP) is 1.07. The van der Waals surface area contributed by atoms with Gasteiger partial charge in [-0.3, -0.25) is 9.89 Å². The van der Waals surface area contributed by atoms with E-state index < -0.39 is 5.82 Å². The molecule has 1 N–H and O–H groups in total. The summed E-state index contributed by atoms with van der Waals surface area (Å²) in [6.07, 6.45) is 1.11. The number of methoxy groups -OCH3 is 1. The SMILES string of the molecule is COc1cc2[nH]ncc(=O)c2cc1F. The van der Waals surface area contributed by atoms with Gasteiger partial charge in [-0.15, -0.1) is 0 Å². The first-order valence-corrected chi connectivity index (χ1v) is 3.93. The van der Waals surface area contributed by atoms with E-state index >= 15 is 0 Å². The van der Waals surface area contributed by atoms with Gasteiger partial charge in [0, 0.05) is 6.07 Å². The molecule has 1 aromatic carbocycles. The summed E-state index contributed by atoms with van der Waals surface area (Å²) in [6.45, 7) is 0. The van der Waals surface area contributed by atoms with Crippen molar-refractivity contribution in [2.75, 3.05) is 7.11 Å². The molecule has 2 rings (SSSR count). The van der Waals surface area contributed by atoms with E-state index in [1.165, 1.54) is 13.2 Å². The van der Waals surface area contributed by atoms with E-state index in [1.54, 1.807) is 0 Å². The van der Waals surface area contributed by atoms with Crippen LogP contribution in [0.3, 0.4) is 0 Å². The van der Waals surface area contributed by atoms with Crippen LogP contribution in [0.1, 0.15) is 0 Å². The Labute approximate surface area is 78.3 Å². The molecule has 14 heavy (non-hydrogen) atoms.